The van der Waals surface area contributed by atoms with Gasteiger partial charge in [0.25, 0.3) is 0 Å². The lowest BCUT2D eigenvalue weighted by Gasteiger charge is -2.20. The van der Waals surface area contributed by atoms with Crippen molar-refractivity contribution in [2.24, 2.45) is 5.73 Å². The Morgan fingerprint density at radius 1 is 1.43 bits per heavy atom. The average molecular weight is 212 g/mol. The van der Waals surface area contributed by atoms with E-state index in [2.05, 4.69) is 28.7 Å². The molecular formula is C11H20N2S. The van der Waals surface area contributed by atoms with Crippen LogP contribution in [0.5, 0.6) is 0 Å². The van der Waals surface area contributed by atoms with Crippen molar-refractivity contribution in [3.63, 3.8) is 0 Å². The normalized spacial score (nSPS) is 11.1. The van der Waals surface area contributed by atoms with E-state index in [0.717, 1.165) is 19.6 Å². The van der Waals surface area contributed by atoms with Gasteiger partial charge in [-0.2, -0.15) is 11.3 Å². The Balaban J connectivity index is 2.34. The molecule has 80 valence electrons. The summed E-state index contributed by atoms with van der Waals surface area (Å²) >= 11 is 1.77. The van der Waals surface area contributed by atoms with Crippen molar-refractivity contribution in [1.82, 2.24) is 4.90 Å². The van der Waals surface area contributed by atoms with Gasteiger partial charge >= 0.3 is 0 Å². The molecule has 0 saturated carbocycles. The third-order valence-electron chi connectivity index (χ3n) is 2.26. The van der Waals surface area contributed by atoms with Crippen LogP contribution in [-0.2, 0) is 6.54 Å². The van der Waals surface area contributed by atoms with Gasteiger partial charge in [-0.25, -0.2) is 0 Å². The number of rotatable bonds is 7. The molecule has 0 amide bonds. The van der Waals surface area contributed by atoms with Gasteiger partial charge in [-0.15, -0.1) is 0 Å². The van der Waals surface area contributed by atoms with Crippen molar-refractivity contribution in [2.45, 2.75) is 26.3 Å². The van der Waals surface area contributed by atoms with Crippen LogP contribution in [0, 0.1) is 0 Å². The van der Waals surface area contributed by atoms with Crippen LogP contribution in [0.2, 0.25) is 0 Å². The highest BCUT2D eigenvalue weighted by molar-refractivity contribution is 7.07. The first kappa shape index (κ1) is 11.7. The van der Waals surface area contributed by atoms with Crippen LogP contribution in [0.3, 0.4) is 0 Å². The van der Waals surface area contributed by atoms with E-state index in [1.165, 1.54) is 24.9 Å². The summed E-state index contributed by atoms with van der Waals surface area (Å²) in [7, 11) is 0. The van der Waals surface area contributed by atoms with E-state index in [1.807, 2.05) is 0 Å². The maximum Gasteiger partial charge on any atom is 0.0242 e. The standard InChI is InChI=1S/C11H20N2S/c1-2-3-6-13(7-5-12)9-11-4-8-14-10-11/h4,8,10H,2-3,5-7,9,12H2,1H3. The minimum atomic E-state index is 0.758. The molecule has 0 aromatic carbocycles. The SMILES string of the molecule is CCCCN(CCN)Cc1ccsc1. The Labute approximate surface area is 90.7 Å². The molecule has 0 aliphatic heterocycles. The molecule has 0 unspecified atom stereocenters. The predicted octanol–water partition coefficient (Wildman–Crippen LogP) is 2.31. The summed E-state index contributed by atoms with van der Waals surface area (Å²) in [6, 6.07) is 2.19. The lowest BCUT2D eigenvalue weighted by Crippen LogP contribution is -2.29. The number of nitrogens with zero attached hydrogens (tertiary/aromatic N) is 1. The molecule has 0 atom stereocenters. The van der Waals surface area contributed by atoms with E-state index in [1.54, 1.807) is 11.3 Å². The summed E-state index contributed by atoms with van der Waals surface area (Å²) in [5, 5.41) is 4.35. The molecule has 1 aromatic heterocycles. The number of hydrogen-bond donors (Lipinski definition) is 1. The highest BCUT2D eigenvalue weighted by atomic mass is 32.1. The van der Waals surface area contributed by atoms with Gasteiger partial charge in [0.15, 0.2) is 0 Å². The van der Waals surface area contributed by atoms with Crippen LogP contribution < -0.4 is 5.73 Å². The summed E-state index contributed by atoms with van der Waals surface area (Å²) in [6.07, 6.45) is 2.52. The first-order chi connectivity index (χ1) is 6.86. The minimum Gasteiger partial charge on any atom is -0.329 e. The van der Waals surface area contributed by atoms with Crippen molar-refractivity contribution in [3.8, 4) is 0 Å². The van der Waals surface area contributed by atoms with Crippen molar-refractivity contribution < 1.29 is 0 Å². The third-order valence-corrected chi connectivity index (χ3v) is 2.99. The molecular weight excluding hydrogens is 192 g/mol. The molecule has 0 radical (unpaired) electrons. The third kappa shape index (κ3) is 4.22. The highest BCUT2D eigenvalue weighted by Crippen LogP contribution is 2.09. The smallest absolute Gasteiger partial charge is 0.0242 e. The summed E-state index contributed by atoms with van der Waals surface area (Å²) in [5.74, 6) is 0. The molecule has 0 aliphatic rings. The fraction of sp³-hybridized carbons (Fsp3) is 0.636. The monoisotopic (exact) mass is 212 g/mol. The molecule has 0 bridgehead atoms. The van der Waals surface area contributed by atoms with E-state index >= 15 is 0 Å². The first-order valence-electron chi connectivity index (χ1n) is 5.30. The number of unbranched alkanes of at least 4 members (excludes halogenated alkanes) is 1. The number of nitrogens with two attached hydrogens (primary N) is 1. The average Bonchev–Trinajstić information content (AvgIpc) is 2.67. The Hall–Kier alpha value is -0.380. The van der Waals surface area contributed by atoms with Crippen LogP contribution in [0.4, 0.5) is 0 Å². The summed E-state index contributed by atoms with van der Waals surface area (Å²) < 4.78 is 0. The molecule has 1 aromatic rings. The lowest BCUT2D eigenvalue weighted by molar-refractivity contribution is 0.269. The maximum atomic E-state index is 5.59. The van der Waals surface area contributed by atoms with Gasteiger partial charge in [0.2, 0.25) is 0 Å². The van der Waals surface area contributed by atoms with Gasteiger partial charge in [0.1, 0.15) is 0 Å². The number of hydrogen-bond acceptors (Lipinski definition) is 3. The zero-order valence-electron chi connectivity index (χ0n) is 8.91. The van der Waals surface area contributed by atoms with Crippen LogP contribution in [0.15, 0.2) is 16.8 Å². The quantitative estimate of drug-likeness (QED) is 0.751. The Morgan fingerprint density at radius 2 is 2.29 bits per heavy atom. The second kappa shape index (κ2) is 6.98. The van der Waals surface area contributed by atoms with Crippen molar-refractivity contribution in [2.75, 3.05) is 19.6 Å². The van der Waals surface area contributed by atoms with E-state index < -0.39 is 0 Å². The minimum absolute atomic E-state index is 0.758. The van der Waals surface area contributed by atoms with Crippen molar-refractivity contribution in [1.29, 1.82) is 0 Å². The zero-order valence-corrected chi connectivity index (χ0v) is 9.72. The fourth-order valence-electron chi connectivity index (χ4n) is 1.48. The number of thiophene rings is 1. The fourth-order valence-corrected chi connectivity index (χ4v) is 2.13. The van der Waals surface area contributed by atoms with Crippen molar-refractivity contribution >= 4 is 11.3 Å². The molecule has 2 nitrogen and oxygen atoms in total. The summed E-state index contributed by atoms with van der Waals surface area (Å²) in [6.45, 7) is 6.22. The van der Waals surface area contributed by atoms with E-state index in [9.17, 15) is 0 Å². The highest BCUT2D eigenvalue weighted by Gasteiger charge is 2.04. The molecule has 0 fully saturated rings. The zero-order chi connectivity index (χ0) is 10.2. The lowest BCUT2D eigenvalue weighted by atomic mass is 10.2. The second-order valence-corrected chi connectivity index (χ2v) is 4.33. The Morgan fingerprint density at radius 3 is 2.86 bits per heavy atom. The summed E-state index contributed by atoms with van der Waals surface area (Å²) in [4.78, 5) is 2.44. The molecule has 1 rings (SSSR count). The first-order valence-corrected chi connectivity index (χ1v) is 6.24. The van der Waals surface area contributed by atoms with Crippen molar-refractivity contribution in [3.05, 3.63) is 22.4 Å². The van der Waals surface area contributed by atoms with Gasteiger partial charge in [-0.05, 0) is 35.4 Å². The van der Waals surface area contributed by atoms with Gasteiger partial charge in [0.05, 0.1) is 0 Å². The van der Waals surface area contributed by atoms with Gasteiger partial charge in [-0.1, -0.05) is 13.3 Å². The molecule has 0 saturated heterocycles. The molecule has 0 spiro atoms. The topological polar surface area (TPSA) is 29.3 Å². The Kier molecular flexibility index (Phi) is 5.83. The van der Waals surface area contributed by atoms with Crippen LogP contribution >= 0.6 is 11.3 Å². The van der Waals surface area contributed by atoms with E-state index in [0.29, 0.717) is 0 Å². The molecule has 0 aliphatic carbocycles. The van der Waals surface area contributed by atoms with Crippen LogP contribution in [0.1, 0.15) is 25.3 Å². The Bertz CT molecular complexity index is 221. The maximum absolute atomic E-state index is 5.59. The van der Waals surface area contributed by atoms with Gasteiger partial charge in [0, 0.05) is 19.6 Å². The largest absolute Gasteiger partial charge is 0.329 e. The predicted molar refractivity (Wildman–Crippen MR) is 63.6 cm³/mol. The second-order valence-electron chi connectivity index (χ2n) is 3.55. The molecule has 3 heteroatoms. The molecule has 1 heterocycles. The molecule has 2 N–H and O–H groups in total. The van der Waals surface area contributed by atoms with Crippen LogP contribution in [-0.4, -0.2) is 24.5 Å². The van der Waals surface area contributed by atoms with E-state index in [4.69, 9.17) is 5.73 Å². The summed E-state index contributed by atoms with van der Waals surface area (Å²) in [5.41, 5.74) is 7.01. The van der Waals surface area contributed by atoms with Crippen LogP contribution in [0.25, 0.3) is 0 Å². The van der Waals surface area contributed by atoms with E-state index in [-0.39, 0.29) is 0 Å². The van der Waals surface area contributed by atoms with Gasteiger partial charge in [-0.3, -0.25) is 4.90 Å². The molecule has 14 heavy (non-hydrogen) atoms. The van der Waals surface area contributed by atoms with Gasteiger partial charge < -0.3 is 5.73 Å².